The highest BCUT2D eigenvalue weighted by Crippen LogP contribution is 2.36. The van der Waals surface area contributed by atoms with Crippen molar-refractivity contribution in [1.29, 1.82) is 0 Å². The number of nitrogens with one attached hydrogen (secondary N) is 2. The van der Waals surface area contributed by atoms with E-state index in [0.717, 1.165) is 35.2 Å². The zero-order valence-corrected chi connectivity index (χ0v) is 25.8. The molecule has 0 saturated heterocycles. The van der Waals surface area contributed by atoms with Gasteiger partial charge in [-0.2, -0.15) is 0 Å². The first-order chi connectivity index (χ1) is 22.4. The van der Waals surface area contributed by atoms with Crippen LogP contribution in [0.2, 0.25) is 5.02 Å². The molecule has 0 spiro atoms. The average Bonchev–Trinajstić information content (AvgIpc) is 3.08. The third-order valence-electron chi connectivity index (χ3n) is 7.71. The second-order valence-corrected chi connectivity index (χ2v) is 11.2. The van der Waals surface area contributed by atoms with Gasteiger partial charge in [0.2, 0.25) is 0 Å². The Morgan fingerprint density at radius 1 is 0.870 bits per heavy atom. The summed E-state index contributed by atoms with van der Waals surface area (Å²) >= 11 is 6.08. The van der Waals surface area contributed by atoms with Gasteiger partial charge in [0.15, 0.2) is 6.61 Å². The zero-order chi connectivity index (χ0) is 32.0. The van der Waals surface area contributed by atoms with Crippen LogP contribution in [0.25, 0.3) is 22.6 Å². The van der Waals surface area contributed by atoms with Crippen LogP contribution in [-0.2, 0) is 16.0 Å². The molecular weight excluding hydrogens is 602 g/mol. The molecule has 0 atom stereocenters. The smallest absolute Gasteiger partial charge is 0.339 e. The van der Waals surface area contributed by atoms with Gasteiger partial charge >= 0.3 is 5.97 Å². The summed E-state index contributed by atoms with van der Waals surface area (Å²) in [4.78, 5) is 44.7. The topological polar surface area (TPSA) is 107 Å². The van der Waals surface area contributed by atoms with Crippen molar-refractivity contribution < 1.29 is 23.9 Å². The van der Waals surface area contributed by atoms with E-state index in [-0.39, 0.29) is 5.56 Å². The van der Waals surface area contributed by atoms with Crippen molar-refractivity contribution in [2.45, 2.75) is 19.3 Å². The summed E-state index contributed by atoms with van der Waals surface area (Å²) in [6.45, 7) is -0.536. The molecule has 1 aromatic heterocycles. The second-order valence-electron chi connectivity index (χ2n) is 10.8. The quantitative estimate of drug-likeness (QED) is 0.169. The lowest BCUT2D eigenvalue weighted by atomic mass is 9.86. The fraction of sp³-hybridized carbons (Fsp3) is 0.135. The number of methoxy groups -OCH3 is 1. The van der Waals surface area contributed by atoms with Crippen molar-refractivity contribution in [2.75, 3.05) is 24.4 Å². The van der Waals surface area contributed by atoms with Crippen LogP contribution in [0, 0.1) is 0 Å². The van der Waals surface area contributed by atoms with Gasteiger partial charge in [-0.1, -0.05) is 54.1 Å². The number of benzene rings is 4. The Hall–Kier alpha value is -5.47. The van der Waals surface area contributed by atoms with Gasteiger partial charge in [0.05, 0.1) is 35.1 Å². The number of carbonyl (C=O) groups excluding carboxylic acids is 3. The summed E-state index contributed by atoms with van der Waals surface area (Å²) in [6, 6.07) is 28.5. The maximum Gasteiger partial charge on any atom is 0.339 e. The number of hydrogen-bond donors (Lipinski definition) is 2. The molecule has 230 valence electrons. The van der Waals surface area contributed by atoms with Crippen molar-refractivity contribution in [2.24, 2.45) is 0 Å². The summed E-state index contributed by atoms with van der Waals surface area (Å²) in [5.74, 6) is -0.928. The van der Waals surface area contributed by atoms with Crippen LogP contribution in [-0.4, -0.2) is 36.5 Å². The molecule has 0 saturated carbocycles. The number of aromatic nitrogens is 1. The van der Waals surface area contributed by atoms with E-state index in [1.807, 2.05) is 48.5 Å². The fourth-order valence-corrected chi connectivity index (χ4v) is 5.65. The summed E-state index contributed by atoms with van der Waals surface area (Å²) in [6.07, 6.45) is 4.37. The van der Waals surface area contributed by atoms with Crippen molar-refractivity contribution in [1.82, 2.24) is 4.98 Å². The first-order valence-electron chi connectivity index (χ1n) is 14.8. The van der Waals surface area contributed by atoms with Gasteiger partial charge in [-0.15, -0.1) is 0 Å². The highest BCUT2D eigenvalue weighted by Gasteiger charge is 2.26. The second kappa shape index (κ2) is 13.7. The maximum absolute atomic E-state index is 13.7. The van der Waals surface area contributed by atoms with Crippen LogP contribution >= 0.6 is 11.6 Å². The molecule has 5 aromatic rings. The number of anilines is 2. The number of amides is 2. The van der Waals surface area contributed by atoms with Gasteiger partial charge in [0, 0.05) is 16.1 Å². The summed E-state index contributed by atoms with van der Waals surface area (Å²) in [5, 5.41) is 6.85. The molecular formula is C37H30ClN3O5. The number of para-hydroxylation sites is 2. The lowest BCUT2D eigenvalue weighted by Gasteiger charge is -2.22. The van der Waals surface area contributed by atoms with E-state index in [0.29, 0.717) is 45.0 Å². The van der Waals surface area contributed by atoms with E-state index in [9.17, 15) is 14.4 Å². The number of fused-ring (bicyclic) bond motifs is 2. The van der Waals surface area contributed by atoms with Crippen LogP contribution in [0.5, 0.6) is 5.75 Å². The number of hydrogen-bond acceptors (Lipinski definition) is 6. The molecule has 9 heteroatoms. The van der Waals surface area contributed by atoms with Crippen LogP contribution in [0.4, 0.5) is 11.4 Å². The Bertz CT molecular complexity index is 1970. The molecule has 0 unspecified atom stereocenters. The minimum Gasteiger partial charge on any atom is -0.497 e. The molecule has 0 aliphatic heterocycles. The summed E-state index contributed by atoms with van der Waals surface area (Å²) in [5.41, 5.74) is 5.76. The van der Waals surface area contributed by atoms with Gasteiger partial charge < -0.3 is 20.1 Å². The standard InChI is InChI=1S/C37H30ClN3O5/c1-45-27-19-17-26(18-20-27)39-36(43)29-9-3-5-12-32(29)40-33(42)22-46-37(44)34-28-8-2-4-11-31(28)41-35-24(7-6-10-30(34)35)21-23-13-15-25(38)16-14-23/h2-5,8-9,11-21H,6-7,10,22H2,1H3,(H,39,43)(H,40,42)/b24-21+. The Labute approximate surface area is 271 Å². The number of halogens is 1. The normalized spacial score (nSPS) is 13.1. The molecule has 0 radical (unpaired) electrons. The third-order valence-corrected chi connectivity index (χ3v) is 7.97. The first kappa shape index (κ1) is 30.6. The number of carbonyl (C=O) groups is 3. The molecule has 4 aromatic carbocycles. The predicted octanol–water partition coefficient (Wildman–Crippen LogP) is 7.82. The van der Waals surface area contributed by atoms with E-state index in [1.54, 1.807) is 55.6 Å². The number of nitrogens with zero attached hydrogens (tertiary/aromatic N) is 1. The largest absolute Gasteiger partial charge is 0.497 e. The molecule has 2 amide bonds. The SMILES string of the molecule is COc1ccc(NC(=O)c2ccccc2NC(=O)COC(=O)c2c3c(nc4ccccc24)/C(=C/c2ccc(Cl)cc2)CCC3)cc1. The van der Waals surface area contributed by atoms with E-state index >= 15 is 0 Å². The molecule has 0 bridgehead atoms. The fourth-order valence-electron chi connectivity index (χ4n) is 5.52. The van der Waals surface area contributed by atoms with Crippen molar-refractivity contribution in [3.05, 3.63) is 130 Å². The zero-order valence-electron chi connectivity index (χ0n) is 25.0. The summed E-state index contributed by atoms with van der Waals surface area (Å²) in [7, 11) is 1.56. The number of allylic oxidation sites excluding steroid dienone is 1. The van der Waals surface area contributed by atoms with E-state index in [4.69, 9.17) is 26.1 Å². The maximum atomic E-state index is 13.7. The lowest BCUT2D eigenvalue weighted by molar-refractivity contribution is -0.119. The molecule has 2 N–H and O–H groups in total. The van der Waals surface area contributed by atoms with Crippen molar-refractivity contribution in [3.8, 4) is 5.75 Å². The van der Waals surface area contributed by atoms with Gasteiger partial charge in [0.25, 0.3) is 11.8 Å². The average molecular weight is 632 g/mol. The molecule has 46 heavy (non-hydrogen) atoms. The number of pyridine rings is 1. The van der Waals surface area contributed by atoms with Gasteiger partial charge in [-0.25, -0.2) is 9.78 Å². The number of ether oxygens (including phenoxy) is 2. The van der Waals surface area contributed by atoms with Crippen LogP contribution in [0.3, 0.4) is 0 Å². The monoisotopic (exact) mass is 631 g/mol. The van der Waals surface area contributed by atoms with E-state index < -0.39 is 24.4 Å². The lowest BCUT2D eigenvalue weighted by Crippen LogP contribution is -2.24. The Morgan fingerprint density at radius 3 is 2.39 bits per heavy atom. The Morgan fingerprint density at radius 2 is 1.61 bits per heavy atom. The molecule has 1 aliphatic rings. The molecule has 8 nitrogen and oxygen atoms in total. The van der Waals surface area contributed by atoms with Crippen LogP contribution < -0.4 is 15.4 Å². The molecule has 1 aliphatic carbocycles. The van der Waals surface area contributed by atoms with E-state index in [2.05, 4.69) is 16.7 Å². The number of esters is 1. The van der Waals surface area contributed by atoms with Gasteiger partial charge in [-0.3, -0.25) is 9.59 Å². The minimum atomic E-state index is -0.608. The van der Waals surface area contributed by atoms with Crippen LogP contribution in [0.1, 0.15) is 50.4 Å². The van der Waals surface area contributed by atoms with Crippen molar-refractivity contribution >= 4 is 63.3 Å². The minimum absolute atomic E-state index is 0.257. The first-order valence-corrected chi connectivity index (χ1v) is 15.2. The summed E-state index contributed by atoms with van der Waals surface area (Å²) < 4.78 is 10.8. The molecule has 1 heterocycles. The van der Waals surface area contributed by atoms with Crippen molar-refractivity contribution in [3.63, 3.8) is 0 Å². The third kappa shape index (κ3) is 6.77. The Kier molecular flexibility index (Phi) is 9.08. The molecule has 6 rings (SSSR count). The van der Waals surface area contributed by atoms with E-state index in [1.165, 1.54) is 0 Å². The highest BCUT2D eigenvalue weighted by atomic mass is 35.5. The van der Waals surface area contributed by atoms with Crippen LogP contribution in [0.15, 0.2) is 97.1 Å². The predicted molar refractivity (Wildman–Crippen MR) is 180 cm³/mol. The highest BCUT2D eigenvalue weighted by molar-refractivity contribution is 6.30. The Balaban J connectivity index is 1.20. The van der Waals surface area contributed by atoms with Gasteiger partial charge in [0.1, 0.15) is 5.75 Å². The van der Waals surface area contributed by atoms with Gasteiger partial charge in [-0.05, 0) is 96.6 Å². The molecule has 0 fully saturated rings. The number of rotatable bonds is 8.